The van der Waals surface area contributed by atoms with E-state index in [4.69, 9.17) is 0 Å². The second-order valence-electron chi connectivity index (χ2n) is 10.6. The molecule has 2 fully saturated rings. The van der Waals surface area contributed by atoms with Gasteiger partial charge in [-0.2, -0.15) is 0 Å². The molecule has 0 saturated carbocycles. The van der Waals surface area contributed by atoms with Crippen LogP contribution in [0.3, 0.4) is 0 Å². The van der Waals surface area contributed by atoms with Gasteiger partial charge in [0.05, 0.1) is 6.04 Å². The number of piperidine rings is 1. The summed E-state index contributed by atoms with van der Waals surface area (Å²) >= 11 is 0. The van der Waals surface area contributed by atoms with Crippen LogP contribution < -0.4 is 0 Å². The molecular weight excluding hydrogens is 459 g/mol. The molecule has 200 valence electrons. The number of urea groups is 1. The van der Waals surface area contributed by atoms with Crippen LogP contribution in [0, 0.1) is 11.3 Å². The van der Waals surface area contributed by atoms with Gasteiger partial charge in [-0.05, 0) is 50.3 Å². The number of carbonyl (C=O) groups excluding carboxylic acids is 2. The zero-order valence-electron chi connectivity index (χ0n) is 22.5. The summed E-state index contributed by atoms with van der Waals surface area (Å²) in [6, 6.07) is -0.0269. The molecule has 2 saturated heterocycles. The lowest BCUT2D eigenvalue weighted by Gasteiger charge is -2.53. The van der Waals surface area contributed by atoms with Gasteiger partial charge in [-0.1, -0.05) is 38.7 Å². The van der Waals surface area contributed by atoms with Crippen LogP contribution in [0.1, 0.15) is 40.5 Å². The Morgan fingerprint density at radius 2 is 1.97 bits per heavy atom. The van der Waals surface area contributed by atoms with Crippen molar-refractivity contribution >= 4 is 11.9 Å². The highest BCUT2D eigenvalue weighted by Gasteiger charge is 2.47. The number of likely N-dealkylation sites (N-methyl/N-ethyl adjacent to an activating group) is 1. The van der Waals surface area contributed by atoms with Crippen molar-refractivity contribution in [2.45, 2.75) is 58.7 Å². The third kappa shape index (κ3) is 5.75. The molecule has 0 radical (unpaired) electrons. The highest BCUT2D eigenvalue weighted by molar-refractivity contribution is 5.77. The molecule has 2 aliphatic heterocycles. The molecule has 0 aromatic carbocycles. The summed E-state index contributed by atoms with van der Waals surface area (Å²) in [4.78, 5) is 33.6. The van der Waals surface area contributed by atoms with Crippen LogP contribution in [0.5, 0.6) is 0 Å². The van der Waals surface area contributed by atoms with Crippen molar-refractivity contribution in [2.24, 2.45) is 11.3 Å². The summed E-state index contributed by atoms with van der Waals surface area (Å²) in [5.41, 5.74) is 0.459. The van der Waals surface area contributed by atoms with Crippen molar-refractivity contribution in [1.29, 1.82) is 0 Å². The van der Waals surface area contributed by atoms with Gasteiger partial charge in [0, 0.05) is 57.3 Å². The fraction of sp³-hybridized carbons (Fsp3) is 0.643. The first-order valence-corrected chi connectivity index (χ1v) is 13.1. The molecule has 3 aliphatic rings. The molecule has 36 heavy (non-hydrogen) atoms. The lowest BCUT2D eigenvalue weighted by molar-refractivity contribution is -0.136. The van der Waals surface area contributed by atoms with Crippen molar-refractivity contribution in [3.05, 3.63) is 48.4 Å². The first-order valence-electron chi connectivity index (χ1n) is 13.1. The van der Waals surface area contributed by atoms with Crippen LogP contribution in [-0.4, -0.2) is 101 Å². The van der Waals surface area contributed by atoms with Crippen LogP contribution in [0.4, 0.5) is 9.18 Å². The molecule has 2 heterocycles. The number of carbonyl (C=O) groups is 2. The summed E-state index contributed by atoms with van der Waals surface area (Å²) < 4.78 is 14.1. The number of aliphatic hydroxyl groups excluding tert-OH is 1. The van der Waals surface area contributed by atoms with Crippen LogP contribution in [-0.2, 0) is 4.79 Å². The molecule has 7 nitrogen and oxygen atoms in total. The lowest BCUT2D eigenvalue weighted by Crippen LogP contribution is -2.62. The maximum atomic E-state index is 14.1. The molecule has 8 heteroatoms. The van der Waals surface area contributed by atoms with Gasteiger partial charge in [-0.25, -0.2) is 9.18 Å². The summed E-state index contributed by atoms with van der Waals surface area (Å²) in [6.45, 7) is 15.0. The molecular formula is C28H43FN4O3. The Morgan fingerprint density at radius 1 is 1.31 bits per heavy atom. The van der Waals surface area contributed by atoms with E-state index in [1.165, 1.54) is 6.08 Å². The van der Waals surface area contributed by atoms with Crippen molar-refractivity contribution in [3.8, 4) is 0 Å². The largest absolute Gasteiger partial charge is 0.387 e. The Hall–Kier alpha value is -2.45. The molecule has 5 unspecified atom stereocenters. The van der Waals surface area contributed by atoms with Crippen LogP contribution in [0.15, 0.2) is 48.4 Å². The smallest absolute Gasteiger partial charge is 0.320 e. The number of piperazine rings is 1. The Labute approximate surface area is 215 Å². The van der Waals surface area contributed by atoms with Crippen molar-refractivity contribution in [1.82, 2.24) is 19.6 Å². The van der Waals surface area contributed by atoms with Gasteiger partial charge in [0.15, 0.2) is 0 Å². The first-order chi connectivity index (χ1) is 17.0. The molecule has 0 bridgehead atoms. The number of halogens is 1. The summed E-state index contributed by atoms with van der Waals surface area (Å²) in [7, 11) is 1.82. The highest BCUT2D eigenvalue weighted by Crippen LogP contribution is 2.44. The molecule has 0 aromatic heterocycles. The van der Waals surface area contributed by atoms with E-state index in [1.54, 1.807) is 15.9 Å². The second-order valence-corrected chi connectivity index (χ2v) is 10.6. The normalized spacial score (nSPS) is 30.3. The summed E-state index contributed by atoms with van der Waals surface area (Å²) in [5, 5.41) is 9.19. The molecule has 1 aliphatic carbocycles. The number of aliphatic hydroxyl groups is 1. The number of rotatable bonds is 6. The van der Waals surface area contributed by atoms with Gasteiger partial charge in [-0.3, -0.25) is 9.69 Å². The average molecular weight is 503 g/mol. The minimum Gasteiger partial charge on any atom is -0.387 e. The first kappa shape index (κ1) is 28.1. The van der Waals surface area contributed by atoms with Crippen LogP contribution in [0.2, 0.25) is 0 Å². The summed E-state index contributed by atoms with van der Waals surface area (Å²) in [6.07, 6.45) is 10.6. The number of hydrogen-bond acceptors (Lipinski definition) is 4. The zero-order valence-corrected chi connectivity index (χ0v) is 22.5. The maximum Gasteiger partial charge on any atom is 0.320 e. The molecule has 3 rings (SSSR count). The number of hydrogen-bond donors (Lipinski definition) is 1. The van der Waals surface area contributed by atoms with E-state index in [2.05, 4.69) is 18.4 Å². The SMILES string of the molecule is C=C(C=CC)C(C)N(C)C(=O)N1CCC(N2CCN(C(=O)CO)CC2)CC1C1(C)C=CC(F)=CC1C. The Bertz CT molecular complexity index is 924. The summed E-state index contributed by atoms with van der Waals surface area (Å²) in [5.74, 6) is -0.531. The van der Waals surface area contributed by atoms with Crippen LogP contribution >= 0.6 is 0 Å². The Kier molecular flexibility index (Phi) is 9.17. The Morgan fingerprint density at radius 3 is 2.56 bits per heavy atom. The van der Waals surface area contributed by atoms with E-state index in [1.807, 2.05) is 50.9 Å². The molecule has 5 atom stereocenters. The predicted octanol–water partition coefficient (Wildman–Crippen LogP) is 3.59. The van der Waals surface area contributed by atoms with Crippen molar-refractivity contribution in [3.63, 3.8) is 0 Å². The van der Waals surface area contributed by atoms with Gasteiger partial charge >= 0.3 is 6.03 Å². The van der Waals surface area contributed by atoms with Gasteiger partial charge in [0.25, 0.3) is 0 Å². The topological polar surface area (TPSA) is 67.3 Å². The Balaban J connectivity index is 1.83. The van der Waals surface area contributed by atoms with E-state index in [0.717, 1.165) is 31.5 Å². The number of allylic oxidation sites excluding steroid dienone is 4. The van der Waals surface area contributed by atoms with Crippen molar-refractivity contribution < 1.29 is 19.1 Å². The van der Waals surface area contributed by atoms with Crippen LogP contribution in [0.25, 0.3) is 0 Å². The number of amides is 3. The molecule has 0 aromatic rings. The standard InChI is InChI=1S/C28H43FN4O3/c1-7-8-20(2)22(4)30(6)27(36)33-12-10-24(31-13-15-32(16-14-31)26(35)19-34)18-25(33)28(5)11-9-23(29)17-21(28)3/h7-9,11,17,21-22,24-25,34H,2,10,12-16,18-19H2,1,3-6H3. The third-order valence-electron chi connectivity index (χ3n) is 8.65. The third-order valence-corrected chi connectivity index (χ3v) is 8.65. The van der Waals surface area contributed by atoms with Crippen molar-refractivity contribution in [2.75, 3.05) is 46.4 Å². The number of nitrogens with zero attached hydrogens (tertiary/aromatic N) is 4. The van der Waals surface area contributed by atoms with Gasteiger partial charge in [-0.15, -0.1) is 0 Å². The molecule has 1 N–H and O–H groups in total. The quantitative estimate of drug-likeness (QED) is 0.564. The van der Waals surface area contributed by atoms with E-state index < -0.39 is 12.0 Å². The fourth-order valence-corrected chi connectivity index (χ4v) is 5.80. The van der Waals surface area contributed by atoms with Gasteiger partial charge < -0.3 is 19.8 Å². The minimum absolute atomic E-state index is 0.0354. The number of likely N-dealkylation sites (tertiary alicyclic amines) is 1. The molecule has 0 spiro atoms. The van der Waals surface area contributed by atoms with E-state index in [9.17, 15) is 19.1 Å². The lowest BCUT2D eigenvalue weighted by atomic mass is 9.66. The predicted molar refractivity (Wildman–Crippen MR) is 141 cm³/mol. The molecule has 3 amide bonds. The maximum absolute atomic E-state index is 14.1. The van der Waals surface area contributed by atoms with Gasteiger partial charge in [0.1, 0.15) is 12.4 Å². The zero-order chi connectivity index (χ0) is 26.6. The van der Waals surface area contributed by atoms with E-state index in [0.29, 0.717) is 19.6 Å². The minimum atomic E-state index is -0.457. The average Bonchev–Trinajstić information content (AvgIpc) is 2.89. The monoisotopic (exact) mass is 502 g/mol. The highest BCUT2D eigenvalue weighted by atomic mass is 19.1. The van der Waals surface area contributed by atoms with Gasteiger partial charge in [0.2, 0.25) is 5.91 Å². The van der Waals surface area contributed by atoms with E-state index >= 15 is 0 Å². The fourth-order valence-electron chi connectivity index (χ4n) is 5.80. The van der Waals surface area contributed by atoms with E-state index in [-0.39, 0.29) is 41.8 Å². The second kappa shape index (κ2) is 11.7.